The molecule has 0 saturated heterocycles. The number of carbonyl (C=O) groups excluding carboxylic acids is 1. The van der Waals surface area contributed by atoms with E-state index >= 15 is 0 Å². The van der Waals surface area contributed by atoms with Gasteiger partial charge in [0.25, 0.3) is 5.69 Å². The summed E-state index contributed by atoms with van der Waals surface area (Å²) >= 11 is 0. The number of nitrogens with one attached hydrogen (secondary N) is 1. The van der Waals surface area contributed by atoms with Crippen molar-refractivity contribution in [3.8, 4) is 0 Å². The summed E-state index contributed by atoms with van der Waals surface area (Å²) in [4.78, 5) is 22.1. The predicted octanol–water partition coefficient (Wildman–Crippen LogP) is 4.05. The lowest BCUT2D eigenvalue weighted by atomic mass is 10.0. The number of nitro groups is 1. The Bertz CT molecular complexity index is 734. The first-order valence-electron chi connectivity index (χ1n) is 7.81. The summed E-state index contributed by atoms with van der Waals surface area (Å²) in [5, 5.41) is 13.5. The molecule has 2 aromatic rings. The molecule has 1 N–H and O–H groups in total. The average molecular weight is 324 g/mol. The lowest BCUT2D eigenvalue weighted by molar-refractivity contribution is -0.384. The molecule has 0 fully saturated rings. The van der Waals surface area contributed by atoms with Crippen molar-refractivity contribution in [2.75, 3.05) is 0 Å². The number of carbonyl (C=O) groups is 1. The SMILES string of the molecule is CCc1ccc([C@@H](C)NC(=O)/C=C/c2ccc([N+](=O)[O-])cc2)cc1. The highest BCUT2D eigenvalue weighted by Gasteiger charge is 2.07. The minimum Gasteiger partial charge on any atom is -0.346 e. The van der Waals surface area contributed by atoms with E-state index in [0.29, 0.717) is 0 Å². The molecule has 0 bridgehead atoms. The van der Waals surface area contributed by atoms with Crippen molar-refractivity contribution >= 4 is 17.7 Å². The van der Waals surface area contributed by atoms with E-state index in [2.05, 4.69) is 24.4 Å². The molecule has 0 aliphatic rings. The lowest BCUT2D eigenvalue weighted by Crippen LogP contribution is -2.24. The van der Waals surface area contributed by atoms with Gasteiger partial charge in [-0.25, -0.2) is 0 Å². The van der Waals surface area contributed by atoms with Gasteiger partial charge in [0.05, 0.1) is 11.0 Å². The van der Waals surface area contributed by atoms with Gasteiger partial charge in [-0.15, -0.1) is 0 Å². The van der Waals surface area contributed by atoms with Crippen molar-refractivity contribution in [2.24, 2.45) is 0 Å². The van der Waals surface area contributed by atoms with Crippen LogP contribution in [0.15, 0.2) is 54.6 Å². The van der Waals surface area contributed by atoms with Crippen LogP contribution in [0.2, 0.25) is 0 Å². The molecule has 0 unspecified atom stereocenters. The molecule has 2 aromatic carbocycles. The molecule has 0 saturated carbocycles. The molecule has 1 amide bonds. The molecule has 0 heterocycles. The number of aryl methyl sites for hydroxylation is 1. The van der Waals surface area contributed by atoms with Gasteiger partial charge in [-0.05, 0) is 48.2 Å². The standard InChI is InChI=1S/C19H20N2O3/c1-3-15-4-9-17(10-5-15)14(2)20-19(22)13-8-16-6-11-18(12-7-16)21(23)24/h4-14H,3H2,1-2H3,(H,20,22)/b13-8+/t14-/m1/s1. The number of amides is 1. The molecular formula is C19H20N2O3. The highest BCUT2D eigenvalue weighted by molar-refractivity contribution is 5.92. The third kappa shape index (κ3) is 4.78. The van der Waals surface area contributed by atoms with Gasteiger partial charge in [0, 0.05) is 18.2 Å². The van der Waals surface area contributed by atoms with Gasteiger partial charge < -0.3 is 5.32 Å². The summed E-state index contributed by atoms with van der Waals surface area (Å²) in [5.74, 6) is -0.208. The highest BCUT2D eigenvalue weighted by Crippen LogP contribution is 2.15. The Balaban J connectivity index is 1.94. The number of rotatable bonds is 6. The van der Waals surface area contributed by atoms with Gasteiger partial charge in [0.2, 0.25) is 5.91 Å². The zero-order chi connectivity index (χ0) is 17.5. The minimum atomic E-state index is -0.453. The molecule has 124 valence electrons. The molecule has 0 radical (unpaired) electrons. The Morgan fingerprint density at radius 1 is 1.17 bits per heavy atom. The number of nitro benzene ring substituents is 1. The Labute approximate surface area is 141 Å². The molecule has 1 atom stereocenters. The summed E-state index contributed by atoms with van der Waals surface area (Å²) in [5.41, 5.74) is 3.07. The summed E-state index contributed by atoms with van der Waals surface area (Å²) in [6.07, 6.45) is 4.04. The Morgan fingerprint density at radius 2 is 1.79 bits per heavy atom. The molecule has 5 nitrogen and oxygen atoms in total. The monoisotopic (exact) mass is 324 g/mol. The van der Waals surface area contributed by atoms with Crippen LogP contribution >= 0.6 is 0 Å². The molecule has 0 spiro atoms. The van der Waals surface area contributed by atoms with E-state index in [9.17, 15) is 14.9 Å². The Morgan fingerprint density at radius 3 is 2.33 bits per heavy atom. The number of hydrogen-bond donors (Lipinski definition) is 1. The first-order chi connectivity index (χ1) is 11.5. The number of non-ortho nitro benzene ring substituents is 1. The maximum Gasteiger partial charge on any atom is 0.269 e. The topological polar surface area (TPSA) is 72.2 Å². The highest BCUT2D eigenvalue weighted by atomic mass is 16.6. The second-order valence-electron chi connectivity index (χ2n) is 5.51. The van der Waals surface area contributed by atoms with E-state index in [4.69, 9.17) is 0 Å². The number of nitrogens with zero attached hydrogens (tertiary/aromatic N) is 1. The first kappa shape index (κ1) is 17.4. The maximum atomic E-state index is 12.0. The minimum absolute atomic E-state index is 0.0285. The van der Waals surface area contributed by atoms with Gasteiger partial charge in [0.1, 0.15) is 0 Å². The fraction of sp³-hybridized carbons (Fsp3) is 0.211. The molecule has 2 rings (SSSR count). The van der Waals surface area contributed by atoms with Crippen LogP contribution in [0.3, 0.4) is 0 Å². The van der Waals surface area contributed by atoms with Crippen LogP contribution < -0.4 is 5.32 Å². The van der Waals surface area contributed by atoms with Crippen molar-refractivity contribution in [3.63, 3.8) is 0 Å². The number of benzene rings is 2. The largest absolute Gasteiger partial charge is 0.346 e. The fourth-order valence-corrected chi connectivity index (χ4v) is 2.27. The van der Waals surface area contributed by atoms with E-state index in [0.717, 1.165) is 17.5 Å². The van der Waals surface area contributed by atoms with Crippen molar-refractivity contribution in [2.45, 2.75) is 26.3 Å². The maximum absolute atomic E-state index is 12.0. The third-order valence-corrected chi connectivity index (χ3v) is 3.78. The Hall–Kier alpha value is -2.95. The van der Waals surface area contributed by atoms with Crippen LogP contribution in [0.4, 0.5) is 5.69 Å². The molecule has 0 aromatic heterocycles. The van der Waals surface area contributed by atoms with Crippen LogP contribution in [0.5, 0.6) is 0 Å². The fourth-order valence-electron chi connectivity index (χ4n) is 2.27. The van der Waals surface area contributed by atoms with E-state index in [1.807, 2.05) is 19.1 Å². The molecular weight excluding hydrogens is 304 g/mol. The van der Waals surface area contributed by atoms with Gasteiger partial charge in [-0.2, -0.15) is 0 Å². The lowest BCUT2D eigenvalue weighted by Gasteiger charge is -2.13. The quantitative estimate of drug-likeness (QED) is 0.495. The number of hydrogen-bond acceptors (Lipinski definition) is 3. The van der Waals surface area contributed by atoms with E-state index in [-0.39, 0.29) is 17.6 Å². The van der Waals surface area contributed by atoms with Gasteiger partial charge in [-0.3, -0.25) is 14.9 Å². The van der Waals surface area contributed by atoms with Crippen molar-refractivity contribution < 1.29 is 9.72 Å². The third-order valence-electron chi connectivity index (χ3n) is 3.78. The summed E-state index contributed by atoms with van der Waals surface area (Å²) in [7, 11) is 0. The van der Waals surface area contributed by atoms with E-state index in [1.165, 1.54) is 23.8 Å². The smallest absolute Gasteiger partial charge is 0.269 e. The van der Waals surface area contributed by atoms with Crippen LogP contribution in [0.1, 0.15) is 36.6 Å². The van der Waals surface area contributed by atoms with Gasteiger partial charge >= 0.3 is 0 Å². The van der Waals surface area contributed by atoms with Crippen LogP contribution in [-0.2, 0) is 11.2 Å². The normalized spacial score (nSPS) is 12.1. The molecule has 24 heavy (non-hydrogen) atoms. The second kappa shape index (κ2) is 8.06. The summed E-state index contributed by atoms with van der Waals surface area (Å²) in [6, 6.07) is 14.1. The van der Waals surface area contributed by atoms with E-state index < -0.39 is 4.92 Å². The zero-order valence-electron chi connectivity index (χ0n) is 13.7. The van der Waals surface area contributed by atoms with Crippen molar-refractivity contribution in [1.29, 1.82) is 0 Å². The summed E-state index contributed by atoms with van der Waals surface area (Å²) in [6.45, 7) is 4.03. The predicted molar refractivity (Wildman–Crippen MR) is 94.5 cm³/mol. The molecule has 0 aliphatic carbocycles. The van der Waals surface area contributed by atoms with Crippen molar-refractivity contribution in [1.82, 2.24) is 5.32 Å². The first-order valence-corrected chi connectivity index (χ1v) is 7.81. The van der Waals surface area contributed by atoms with Crippen LogP contribution in [0, 0.1) is 10.1 Å². The summed E-state index contributed by atoms with van der Waals surface area (Å²) < 4.78 is 0. The van der Waals surface area contributed by atoms with Crippen molar-refractivity contribution in [3.05, 3.63) is 81.4 Å². The van der Waals surface area contributed by atoms with Crippen LogP contribution in [-0.4, -0.2) is 10.8 Å². The zero-order valence-corrected chi connectivity index (χ0v) is 13.7. The van der Waals surface area contributed by atoms with E-state index in [1.54, 1.807) is 18.2 Å². The average Bonchev–Trinajstić information content (AvgIpc) is 2.60. The molecule has 5 heteroatoms. The Kier molecular flexibility index (Phi) is 5.84. The van der Waals surface area contributed by atoms with Gasteiger partial charge in [0.15, 0.2) is 0 Å². The van der Waals surface area contributed by atoms with Crippen LogP contribution in [0.25, 0.3) is 6.08 Å². The van der Waals surface area contributed by atoms with Gasteiger partial charge in [-0.1, -0.05) is 31.2 Å². The molecule has 0 aliphatic heterocycles. The second-order valence-corrected chi connectivity index (χ2v) is 5.51.